The van der Waals surface area contributed by atoms with Gasteiger partial charge < -0.3 is 11.5 Å². The summed E-state index contributed by atoms with van der Waals surface area (Å²) in [6, 6.07) is 5.40. The van der Waals surface area contributed by atoms with Crippen LogP contribution in [0.3, 0.4) is 0 Å². The first-order chi connectivity index (χ1) is 7.09. The van der Waals surface area contributed by atoms with Gasteiger partial charge in [-0.05, 0) is 17.7 Å². The Morgan fingerprint density at radius 3 is 2.60 bits per heavy atom. The first kappa shape index (κ1) is 9.86. The molecule has 4 nitrogen and oxygen atoms in total. The Balaban J connectivity index is 2.55. The molecule has 1 aromatic carbocycles. The smallest absolute Gasteiger partial charge is 0.129 e. The van der Waals surface area contributed by atoms with Crippen molar-refractivity contribution in [3.8, 4) is 11.1 Å². The van der Waals surface area contributed by atoms with E-state index in [0.29, 0.717) is 16.5 Å². The minimum absolute atomic E-state index is 0.539. The van der Waals surface area contributed by atoms with Crippen molar-refractivity contribution < 1.29 is 0 Å². The molecule has 1 heterocycles. The normalized spacial score (nSPS) is 10.5. The highest BCUT2D eigenvalue weighted by atomic mass is 35.5. The molecule has 78 valence electrons. The minimum atomic E-state index is 0.539. The Labute approximate surface area is 92.4 Å². The molecule has 15 heavy (non-hydrogen) atoms. The van der Waals surface area contributed by atoms with Crippen LogP contribution in [0.1, 0.15) is 0 Å². The third-order valence-corrected chi connectivity index (χ3v) is 2.64. The predicted molar refractivity (Wildman–Crippen MR) is 62.5 cm³/mol. The van der Waals surface area contributed by atoms with Crippen LogP contribution in [0.5, 0.6) is 0 Å². The van der Waals surface area contributed by atoms with E-state index in [1.54, 1.807) is 30.1 Å². The Kier molecular flexibility index (Phi) is 2.28. The molecule has 0 bridgehead atoms. The molecular weight excluding hydrogens is 212 g/mol. The van der Waals surface area contributed by atoms with Crippen LogP contribution >= 0.6 is 11.6 Å². The molecule has 0 saturated carbocycles. The summed E-state index contributed by atoms with van der Waals surface area (Å²) in [6.45, 7) is 0. The maximum atomic E-state index is 5.85. The van der Waals surface area contributed by atoms with E-state index in [9.17, 15) is 0 Å². The summed E-state index contributed by atoms with van der Waals surface area (Å²) in [5.41, 5.74) is 13.9. The Morgan fingerprint density at radius 1 is 1.33 bits per heavy atom. The molecule has 2 aromatic rings. The number of nitrogens with two attached hydrogens (primary N) is 2. The molecule has 0 fully saturated rings. The molecule has 0 unspecified atom stereocenters. The van der Waals surface area contributed by atoms with E-state index in [2.05, 4.69) is 5.10 Å². The first-order valence-electron chi connectivity index (χ1n) is 4.42. The molecule has 0 aliphatic carbocycles. The topological polar surface area (TPSA) is 69.9 Å². The standard InChI is InChI=1S/C10H11ClN4/c1-15-10(13)7(5-14-15)6-2-3-8(11)9(12)4-6/h2-5H,12-13H2,1H3. The summed E-state index contributed by atoms with van der Waals surface area (Å²) in [5, 5.41) is 4.61. The minimum Gasteiger partial charge on any atom is -0.398 e. The van der Waals surface area contributed by atoms with Crippen LogP contribution in [-0.2, 0) is 7.05 Å². The summed E-state index contributed by atoms with van der Waals surface area (Å²) in [6.07, 6.45) is 1.71. The van der Waals surface area contributed by atoms with Gasteiger partial charge in [0.2, 0.25) is 0 Å². The number of benzene rings is 1. The largest absolute Gasteiger partial charge is 0.398 e. The maximum Gasteiger partial charge on any atom is 0.129 e. The Bertz CT molecular complexity index is 504. The van der Waals surface area contributed by atoms with Crippen LogP contribution in [0, 0.1) is 0 Å². The molecule has 0 spiro atoms. The second kappa shape index (κ2) is 3.47. The zero-order valence-corrected chi connectivity index (χ0v) is 8.99. The van der Waals surface area contributed by atoms with Gasteiger partial charge in [0.15, 0.2) is 0 Å². The van der Waals surface area contributed by atoms with Gasteiger partial charge in [-0.2, -0.15) is 5.10 Å². The van der Waals surface area contributed by atoms with E-state index in [1.807, 2.05) is 6.07 Å². The lowest BCUT2D eigenvalue weighted by Crippen LogP contribution is -1.98. The van der Waals surface area contributed by atoms with Crippen molar-refractivity contribution in [2.45, 2.75) is 0 Å². The van der Waals surface area contributed by atoms with Crippen LogP contribution in [0.2, 0.25) is 5.02 Å². The van der Waals surface area contributed by atoms with E-state index in [1.165, 1.54) is 0 Å². The molecule has 0 aliphatic heterocycles. The Morgan fingerprint density at radius 2 is 2.07 bits per heavy atom. The molecule has 4 N–H and O–H groups in total. The second-order valence-electron chi connectivity index (χ2n) is 3.30. The maximum absolute atomic E-state index is 5.85. The van der Waals surface area contributed by atoms with Crippen LogP contribution in [0.15, 0.2) is 24.4 Å². The fraction of sp³-hybridized carbons (Fsp3) is 0.100. The fourth-order valence-electron chi connectivity index (χ4n) is 1.38. The quantitative estimate of drug-likeness (QED) is 0.724. The van der Waals surface area contributed by atoms with Crippen LogP contribution < -0.4 is 11.5 Å². The highest BCUT2D eigenvalue weighted by Gasteiger charge is 2.08. The zero-order valence-electron chi connectivity index (χ0n) is 8.24. The van der Waals surface area contributed by atoms with Gasteiger partial charge in [-0.25, -0.2) is 0 Å². The number of hydrogen-bond acceptors (Lipinski definition) is 3. The average Bonchev–Trinajstić information content (AvgIpc) is 2.53. The highest BCUT2D eigenvalue weighted by Crippen LogP contribution is 2.29. The third kappa shape index (κ3) is 1.64. The van der Waals surface area contributed by atoms with Crippen molar-refractivity contribution in [3.05, 3.63) is 29.4 Å². The fourth-order valence-corrected chi connectivity index (χ4v) is 1.50. The zero-order chi connectivity index (χ0) is 11.0. The van der Waals surface area contributed by atoms with Crippen molar-refractivity contribution >= 4 is 23.1 Å². The van der Waals surface area contributed by atoms with Gasteiger partial charge in [-0.1, -0.05) is 17.7 Å². The summed E-state index contributed by atoms with van der Waals surface area (Å²) in [4.78, 5) is 0. The first-order valence-corrected chi connectivity index (χ1v) is 4.80. The number of aryl methyl sites for hydroxylation is 1. The lowest BCUT2D eigenvalue weighted by atomic mass is 10.1. The van der Waals surface area contributed by atoms with Gasteiger partial charge in [-0.15, -0.1) is 0 Å². The van der Waals surface area contributed by atoms with Gasteiger partial charge in [0, 0.05) is 12.6 Å². The van der Waals surface area contributed by atoms with Crippen molar-refractivity contribution in [1.29, 1.82) is 0 Å². The van der Waals surface area contributed by atoms with E-state index < -0.39 is 0 Å². The Hall–Kier alpha value is -1.68. The third-order valence-electron chi connectivity index (χ3n) is 2.29. The molecule has 5 heteroatoms. The molecule has 0 aliphatic rings. The van der Waals surface area contributed by atoms with Gasteiger partial charge in [0.25, 0.3) is 0 Å². The van der Waals surface area contributed by atoms with E-state index in [4.69, 9.17) is 23.1 Å². The van der Waals surface area contributed by atoms with E-state index >= 15 is 0 Å². The van der Waals surface area contributed by atoms with E-state index in [-0.39, 0.29) is 0 Å². The molecular formula is C10H11ClN4. The number of halogens is 1. The van der Waals surface area contributed by atoms with Gasteiger partial charge in [-0.3, -0.25) is 4.68 Å². The lowest BCUT2D eigenvalue weighted by Gasteiger charge is -2.03. The number of rotatable bonds is 1. The summed E-state index contributed by atoms with van der Waals surface area (Å²) in [7, 11) is 1.79. The molecule has 0 amide bonds. The highest BCUT2D eigenvalue weighted by molar-refractivity contribution is 6.33. The summed E-state index contributed by atoms with van der Waals surface area (Å²) in [5.74, 6) is 0.608. The van der Waals surface area contributed by atoms with Crippen LogP contribution in [-0.4, -0.2) is 9.78 Å². The molecule has 1 aromatic heterocycles. The van der Waals surface area contributed by atoms with Crippen molar-refractivity contribution in [3.63, 3.8) is 0 Å². The number of anilines is 2. The molecule has 0 saturated heterocycles. The number of nitrogens with zero attached hydrogens (tertiary/aromatic N) is 2. The molecule has 2 rings (SSSR count). The van der Waals surface area contributed by atoms with Gasteiger partial charge in [0.05, 0.1) is 16.9 Å². The molecule has 0 atom stereocenters. The molecule has 0 radical (unpaired) electrons. The number of aromatic nitrogens is 2. The lowest BCUT2D eigenvalue weighted by molar-refractivity contribution is 0.779. The van der Waals surface area contributed by atoms with Crippen LogP contribution in [0.25, 0.3) is 11.1 Å². The second-order valence-corrected chi connectivity index (χ2v) is 3.71. The number of nitrogen functional groups attached to an aromatic ring is 2. The monoisotopic (exact) mass is 222 g/mol. The SMILES string of the molecule is Cn1ncc(-c2ccc(Cl)c(N)c2)c1N. The van der Waals surface area contributed by atoms with Crippen molar-refractivity contribution in [1.82, 2.24) is 9.78 Å². The van der Waals surface area contributed by atoms with Gasteiger partial charge in [0.1, 0.15) is 5.82 Å². The number of hydrogen-bond donors (Lipinski definition) is 2. The van der Waals surface area contributed by atoms with Crippen molar-refractivity contribution in [2.75, 3.05) is 11.5 Å². The average molecular weight is 223 g/mol. The van der Waals surface area contributed by atoms with Crippen molar-refractivity contribution in [2.24, 2.45) is 7.05 Å². The van der Waals surface area contributed by atoms with Crippen LogP contribution in [0.4, 0.5) is 11.5 Å². The summed E-state index contributed by atoms with van der Waals surface area (Å²) >= 11 is 5.84. The van der Waals surface area contributed by atoms with Gasteiger partial charge >= 0.3 is 0 Å². The van der Waals surface area contributed by atoms with E-state index in [0.717, 1.165) is 11.1 Å². The predicted octanol–water partition coefficient (Wildman–Crippen LogP) is 1.90. The summed E-state index contributed by atoms with van der Waals surface area (Å²) < 4.78 is 1.61.